The molecule has 0 aliphatic carbocycles. The van der Waals surface area contributed by atoms with Crippen molar-refractivity contribution in [3.63, 3.8) is 0 Å². The van der Waals surface area contributed by atoms with Crippen LogP contribution in [0.2, 0.25) is 0 Å². The number of aromatic hydroxyl groups is 1. The minimum atomic E-state index is 0. The van der Waals surface area contributed by atoms with Crippen LogP contribution in [-0.4, -0.2) is 104 Å². The number of aliphatic imine (C=N–C) groups is 1. The van der Waals surface area contributed by atoms with Crippen LogP contribution >= 0.6 is 24.0 Å². The number of carbonyl (C=O) groups is 1. The number of guanidine groups is 1. The number of phenolic OH excluding ortho intramolecular Hbond substituents is 1. The Bertz CT molecular complexity index is 734. The van der Waals surface area contributed by atoms with Crippen molar-refractivity contribution in [2.45, 2.75) is 13.5 Å². The van der Waals surface area contributed by atoms with Crippen molar-refractivity contribution >= 4 is 35.8 Å². The Morgan fingerprint density at radius 1 is 1.16 bits per heavy atom. The number of hydrogen-bond donors (Lipinski definition) is 2. The first-order chi connectivity index (χ1) is 14.6. The average molecular weight is 547 g/mol. The van der Waals surface area contributed by atoms with Gasteiger partial charge in [-0.2, -0.15) is 0 Å². The van der Waals surface area contributed by atoms with E-state index in [9.17, 15) is 9.90 Å². The van der Waals surface area contributed by atoms with Crippen molar-refractivity contribution in [1.82, 2.24) is 20.0 Å². The summed E-state index contributed by atoms with van der Waals surface area (Å²) in [5.74, 6) is 1.62. The Morgan fingerprint density at radius 2 is 1.87 bits per heavy atom. The molecule has 0 unspecified atom stereocenters. The molecule has 31 heavy (non-hydrogen) atoms. The van der Waals surface area contributed by atoms with E-state index in [-0.39, 0.29) is 35.6 Å². The van der Waals surface area contributed by atoms with Crippen LogP contribution in [0.4, 0.5) is 0 Å². The monoisotopic (exact) mass is 547 g/mol. The standard InChI is InChI=1S/C21H33N5O4.HI/c1-3-22-21(23-15-17-4-5-19(29-2)18(27)14-17)26-8-6-24(7-9-26)16-20(28)25-10-12-30-13-11-25;/h4-5,14,27H,3,6-13,15-16H2,1-2H3,(H,22,23);1H. The minimum absolute atomic E-state index is 0. The first kappa shape index (κ1) is 25.5. The van der Waals surface area contributed by atoms with Crippen molar-refractivity contribution in [2.24, 2.45) is 4.99 Å². The number of halogens is 1. The highest BCUT2D eigenvalue weighted by molar-refractivity contribution is 14.0. The van der Waals surface area contributed by atoms with E-state index in [2.05, 4.69) is 15.1 Å². The van der Waals surface area contributed by atoms with Gasteiger partial charge >= 0.3 is 0 Å². The lowest BCUT2D eigenvalue weighted by Crippen LogP contribution is -2.54. The summed E-state index contributed by atoms with van der Waals surface area (Å²) < 4.78 is 10.4. The average Bonchev–Trinajstić information content (AvgIpc) is 2.78. The molecular weight excluding hydrogens is 513 g/mol. The van der Waals surface area contributed by atoms with E-state index < -0.39 is 0 Å². The topological polar surface area (TPSA) is 89.9 Å². The van der Waals surface area contributed by atoms with Crippen molar-refractivity contribution in [1.29, 1.82) is 0 Å². The third-order valence-electron chi connectivity index (χ3n) is 5.38. The molecule has 0 atom stereocenters. The largest absolute Gasteiger partial charge is 0.504 e. The van der Waals surface area contributed by atoms with Crippen LogP contribution in [0, 0.1) is 0 Å². The van der Waals surface area contributed by atoms with Gasteiger partial charge in [-0.05, 0) is 24.6 Å². The Labute approximate surface area is 201 Å². The lowest BCUT2D eigenvalue weighted by molar-refractivity contribution is -0.136. The molecule has 2 heterocycles. The Balaban J connectivity index is 0.00000341. The minimum Gasteiger partial charge on any atom is -0.504 e. The predicted octanol–water partition coefficient (Wildman–Crippen LogP) is 0.961. The van der Waals surface area contributed by atoms with E-state index in [0.717, 1.165) is 44.2 Å². The van der Waals surface area contributed by atoms with Crippen molar-refractivity contribution < 1.29 is 19.4 Å². The summed E-state index contributed by atoms with van der Waals surface area (Å²) in [6, 6.07) is 5.33. The van der Waals surface area contributed by atoms with Crippen molar-refractivity contribution in [2.75, 3.05) is 72.7 Å². The molecule has 2 saturated heterocycles. The first-order valence-electron chi connectivity index (χ1n) is 10.6. The number of benzene rings is 1. The molecule has 0 bridgehead atoms. The molecule has 9 nitrogen and oxygen atoms in total. The van der Waals surface area contributed by atoms with Gasteiger partial charge in [0, 0.05) is 45.8 Å². The van der Waals surface area contributed by atoms with E-state index >= 15 is 0 Å². The number of morpholine rings is 1. The molecule has 2 fully saturated rings. The molecule has 0 radical (unpaired) electrons. The second-order valence-corrected chi connectivity index (χ2v) is 7.43. The SMILES string of the molecule is CCNC(=NCc1ccc(OC)c(O)c1)N1CCN(CC(=O)N2CCOCC2)CC1.I. The second kappa shape index (κ2) is 12.9. The van der Waals surface area contributed by atoms with Crippen molar-refractivity contribution in [3.05, 3.63) is 23.8 Å². The maximum atomic E-state index is 12.5. The maximum Gasteiger partial charge on any atom is 0.236 e. The maximum absolute atomic E-state index is 12.5. The van der Waals surface area contributed by atoms with E-state index in [1.807, 2.05) is 17.9 Å². The molecular formula is C21H34IN5O4. The van der Waals surface area contributed by atoms with Gasteiger partial charge in [-0.25, -0.2) is 4.99 Å². The predicted molar refractivity (Wildman–Crippen MR) is 130 cm³/mol. The number of ether oxygens (including phenoxy) is 2. The molecule has 0 aromatic heterocycles. The molecule has 1 aromatic carbocycles. The first-order valence-corrected chi connectivity index (χ1v) is 10.6. The highest BCUT2D eigenvalue weighted by atomic mass is 127. The summed E-state index contributed by atoms with van der Waals surface area (Å²) in [6.07, 6.45) is 0. The Morgan fingerprint density at radius 3 is 2.48 bits per heavy atom. The summed E-state index contributed by atoms with van der Waals surface area (Å²) in [5.41, 5.74) is 0.915. The summed E-state index contributed by atoms with van der Waals surface area (Å²) in [4.78, 5) is 23.5. The number of amides is 1. The second-order valence-electron chi connectivity index (χ2n) is 7.43. The van der Waals surface area contributed by atoms with Crippen LogP contribution < -0.4 is 10.1 Å². The lowest BCUT2D eigenvalue weighted by Gasteiger charge is -2.37. The molecule has 174 valence electrons. The quantitative estimate of drug-likeness (QED) is 0.312. The van der Waals surface area contributed by atoms with Crippen LogP contribution in [-0.2, 0) is 16.1 Å². The van der Waals surface area contributed by atoms with Crippen LogP contribution in [0.5, 0.6) is 11.5 Å². The normalized spacial score (nSPS) is 17.8. The fourth-order valence-corrected chi connectivity index (χ4v) is 3.65. The molecule has 10 heteroatoms. The lowest BCUT2D eigenvalue weighted by atomic mass is 10.2. The highest BCUT2D eigenvalue weighted by Crippen LogP contribution is 2.26. The number of nitrogens with zero attached hydrogens (tertiary/aromatic N) is 4. The van der Waals surface area contributed by atoms with Gasteiger partial charge in [0.1, 0.15) is 0 Å². The number of hydrogen-bond acceptors (Lipinski definition) is 6. The van der Waals surface area contributed by atoms with Gasteiger partial charge in [0.25, 0.3) is 0 Å². The number of nitrogens with one attached hydrogen (secondary N) is 1. The fraction of sp³-hybridized carbons (Fsp3) is 0.619. The van der Waals surface area contributed by atoms with Gasteiger partial charge in [-0.15, -0.1) is 24.0 Å². The van der Waals surface area contributed by atoms with Gasteiger partial charge < -0.3 is 29.7 Å². The van der Waals surface area contributed by atoms with Crippen LogP contribution in [0.25, 0.3) is 0 Å². The van der Waals surface area contributed by atoms with Crippen LogP contribution in [0.15, 0.2) is 23.2 Å². The fourth-order valence-electron chi connectivity index (χ4n) is 3.65. The van der Waals surface area contributed by atoms with E-state index in [1.54, 1.807) is 12.1 Å². The molecule has 0 spiro atoms. The van der Waals surface area contributed by atoms with E-state index in [4.69, 9.17) is 14.5 Å². The summed E-state index contributed by atoms with van der Waals surface area (Å²) in [6.45, 7) is 9.69. The smallest absolute Gasteiger partial charge is 0.236 e. The zero-order valence-electron chi connectivity index (χ0n) is 18.4. The van der Waals surface area contributed by atoms with Gasteiger partial charge in [-0.1, -0.05) is 6.07 Å². The number of piperazine rings is 1. The van der Waals surface area contributed by atoms with Gasteiger partial charge in [0.05, 0.1) is 33.4 Å². The van der Waals surface area contributed by atoms with Gasteiger partial charge in [0.15, 0.2) is 17.5 Å². The molecule has 2 aliphatic heterocycles. The molecule has 0 saturated carbocycles. The number of carbonyl (C=O) groups excluding carboxylic acids is 1. The number of rotatable bonds is 6. The number of methoxy groups -OCH3 is 1. The summed E-state index contributed by atoms with van der Waals surface area (Å²) >= 11 is 0. The summed E-state index contributed by atoms with van der Waals surface area (Å²) in [5, 5.41) is 13.3. The van der Waals surface area contributed by atoms with E-state index in [0.29, 0.717) is 45.1 Å². The zero-order valence-corrected chi connectivity index (χ0v) is 20.7. The van der Waals surface area contributed by atoms with Crippen molar-refractivity contribution in [3.8, 4) is 11.5 Å². The van der Waals surface area contributed by atoms with Gasteiger partial charge in [-0.3, -0.25) is 9.69 Å². The van der Waals surface area contributed by atoms with Crippen LogP contribution in [0.1, 0.15) is 12.5 Å². The van der Waals surface area contributed by atoms with Gasteiger partial charge in [0.2, 0.25) is 5.91 Å². The third-order valence-corrected chi connectivity index (χ3v) is 5.38. The molecule has 3 rings (SSSR count). The third kappa shape index (κ3) is 7.39. The molecule has 1 amide bonds. The Hall–Kier alpha value is -1.79. The molecule has 2 N–H and O–H groups in total. The zero-order chi connectivity index (χ0) is 21.3. The highest BCUT2D eigenvalue weighted by Gasteiger charge is 2.24. The van der Waals surface area contributed by atoms with E-state index in [1.165, 1.54) is 7.11 Å². The summed E-state index contributed by atoms with van der Waals surface area (Å²) in [7, 11) is 1.53. The molecule has 1 aromatic rings. The Kier molecular flexibility index (Phi) is 10.6. The molecule has 2 aliphatic rings. The number of phenols is 1. The van der Waals surface area contributed by atoms with Crippen LogP contribution in [0.3, 0.4) is 0 Å².